The van der Waals surface area contributed by atoms with Crippen LogP contribution in [0.5, 0.6) is 0 Å². The predicted molar refractivity (Wildman–Crippen MR) is 68.1 cm³/mol. The number of benzene rings is 1. The highest BCUT2D eigenvalue weighted by Crippen LogP contribution is 2.12. The zero-order chi connectivity index (χ0) is 11.8. The molecule has 0 bridgehead atoms. The molecule has 0 atom stereocenters. The number of hydrogen-bond acceptors (Lipinski definition) is 3. The Morgan fingerprint density at radius 3 is 2.62 bits per heavy atom. The van der Waals surface area contributed by atoms with Crippen molar-refractivity contribution < 1.29 is 5.11 Å². The van der Waals surface area contributed by atoms with Crippen molar-refractivity contribution in [1.29, 1.82) is 0 Å². The number of hydrogen-bond donors (Lipinski definition) is 2. The van der Waals surface area contributed by atoms with Crippen LogP contribution in [0.3, 0.4) is 0 Å². The van der Waals surface area contributed by atoms with E-state index in [1.165, 1.54) is 5.56 Å². The summed E-state index contributed by atoms with van der Waals surface area (Å²) in [7, 11) is 2.10. The standard InChI is InChI=1S/C13H22N2O/c1-15(9-5-2-6-10-16)11-12-7-3-4-8-13(12)14/h3-4,7-8,16H,2,5-6,9-11,14H2,1H3. The Morgan fingerprint density at radius 1 is 1.19 bits per heavy atom. The third-order valence-electron chi connectivity index (χ3n) is 2.69. The average molecular weight is 222 g/mol. The first-order valence-corrected chi connectivity index (χ1v) is 5.87. The Labute approximate surface area is 97.9 Å². The van der Waals surface area contributed by atoms with Gasteiger partial charge in [-0.1, -0.05) is 18.2 Å². The van der Waals surface area contributed by atoms with Gasteiger partial charge in [0.15, 0.2) is 0 Å². The topological polar surface area (TPSA) is 49.5 Å². The van der Waals surface area contributed by atoms with Crippen LogP contribution in [0, 0.1) is 0 Å². The Balaban J connectivity index is 2.28. The van der Waals surface area contributed by atoms with E-state index < -0.39 is 0 Å². The Bertz CT molecular complexity index is 302. The van der Waals surface area contributed by atoms with E-state index in [-0.39, 0.29) is 0 Å². The molecule has 1 aromatic rings. The highest BCUT2D eigenvalue weighted by Gasteiger charge is 2.02. The first kappa shape index (κ1) is 13.0. The van der Waals surface area contributed by atoms with E-state index in [9.17, 15) is 0 Å². The highest BCUT2D eigenvalue weighted by molar-refractivity contribution is 5.46. The van der Waals surface area contributed by atoms with Gasteiger partial charge in [0.2, 0.25) is 0 Å². The summed E-state index contributed by atoms with van der Waals surface area (Å²) < 4.78 is 0. The monoisotopic (exact) mass is 222 g/mol. The van der Waals surface area contributed by atoms with Gasteiger partial charge in [-0.2, -0.15) is 0 Å². The zero-order valence-electron chi connectivity index (χ0n) is 10.0. The molecule has 0 spiro atoms. The lowest BCUT2D eigenvalue weighted by Crippen LogP contribution is -2.19. The van der Waals surface area contributed by atoms with E-state index in [1.54, 1.807) is 0 Å². The molecule has 0 radical (unpaired) electrons. The van der Waals surface area contributed by atoms with Crippen LogP contribution in [0.2, 0.25) is 0 Å². The van der Waals surface area contributed by atoms with E-state index in [4.69, 9.17) is 10.8 Å². The lowest BCUT2D eigenvalue weighted by molar-refractivity contribution is 0.271. The zero-order valence-corrected chi connectivity index (χ0v) is 10.0. The number of nitrogen functional groups attached to an aromatic ring is 1. The molecule has 0 aliphatic carbocycles. The van der Waals surface area contributed by atoms with Crippen molar-refractivity contribution in [1.82, 2.24) is 4.90 Å². The maximum Gasteiger partial charge on any atom is 0.0431 e. The van der Waals surface area contributed by atoms with Gasteiger partial charge in [-0.05, 0) is 44.5 Å². The number of aliphatic hydroxyl groups excluding tert-OH is 1. The van der Waals surface area contributed by atoms with Gasteiger partial charge in [0.05, 0.1) is 0 Å². The molecule has 3 heteroatoms. The van der Waals surface area contributed by atoms with Crippen LogP contribution in [0.25, 0.3) is 0 Å². The molecule has 0 fully saturated rings. The second kappa shape index (κ2) is 7.25. The minimum Gasteiger partial charge on any atom is -0.398 e. The van der Waals surface area contributed by atoms with Crippen molar-refractivity contribution >= 4 is 5.69 Å². The second-order valence-corrected chi connectivity index (χ2v) is 4.22. The molecule has 0 heterocycles. The van der Waals surface area contributed by atoms with Crippen molar-refractivity contribution in [2.24, 2.45) is 0 Å². The van der Waals surface area contributed by atoms with Gasteiger partial charge in [-0.15, -0.1) is 0 Å². The molecule has 3 N–H and O–H groups in total. The summed E-state index contributed by atoms with van der Waals surface area (Å²) in [4.78, 5) is 2.27. The quantitative estimate of drug-likeness (QED) is 0.547. The van der Waals surface area contributed by atoms with Crippen LogP contribution < -0.4 is 5.73 Å². The molecule has 0 aromatic heterocycles. The number of aliphatic hydroxyl groups is 1. The first-order chi connectivity index (χ1) is 7.74. The molecule has 0 aliphatic rings. The predicted octanol–water partition coefficient (Wildman–Crippen LogP) is 1.86. The van der Waals surface area contributed by atoms with Crippen molar-refractivity contribution in [3.63, 3.8) is 0 Å². The summed E-state index contributed by atoms with van der Waals surface area (Å²) in [6, 6.07) is 7.99. The molecule has 90 valence electrons. The van der Waals surface area contributed by atoms with Gasteiger partial charge in [-0.25, -0.2) is 0 Å². The van der Waals surface area contributed by atoms with Crippen LogP contribution in [0.4, 0.5) is 5.69 Å². The first-order valence-electron chi connectivity index (χ1n) is 5.87. The van der Waals surface area contributed by atoms with E-state index in [0.717, 1.165) is 38.0 Å². The number of nitrogens with two attached hydrogens (primary N) is 1. The van der Waals surface area contributed by atoms with E-state index >= 15 is 0 Å². The van der Waals surface area contributed by atoms with Crippen molar-refractivity contribution in [2.75, 3.05) is 25.9 Å². The lowest BCUT2D eigenvalue weighted by atomic mass is 10.1. The molecule has 0 saturated heterocycles. The van der Waals surface area contributed by atoms with Gasteiger partial charge in [0, 0.05) is 18.8 Å². The molecular weight excluding hydrogens is 200 g/mol. The minimum atomic E-state index is 0.301. The highest BCUT2D eigenvalue weighted by atomic mass is 16.2. The molecule has 1 aromatic carbocycles. The van der Waals surface area contributed by atoms with Crippen LogP contribution in [-0.2, 0) is 6.54 Å². The number of para-hydroxylation sites is 1. The summed E-state index contributed by atoms with van der Waals surface area (Å²) >= 11 is 0. The van der Waals surface area contributed by atoms with E-state index in [0.29, 0.717) is 6.61 Å². The van der Waals surface area contributed by atoms with Crippen LogP contribution >= 0.6 is 0 Å². The van der Waals surface area contributed by atoms with Gasteiger partial charge in [-0.3, -0.25) is 0 Å². The molecule has 16 heavy (non-hydrogen) atoms. The molecule has 3 nitrogen and oxygen atoms in total. The van der Waals surface area contributed by atoms with Gasteiger partial charge in [0.25, 0.3) is 0 Å². The smallest absolute Gasteiger partial charge is 0.0431 e. The van der Waals surface area contributed by atoms with E-state index in [2.05, 4.69) is 18.0 Å². The summed E-state index contributed by atoms with van der Waals surface area (Å²) in [5.74, 6) is 0. The molecule has 1 rings (SSSR count). The summed E-state index contributed by atoms with van der Waals surface area (Å²) in [5.41, 5.74) is 7.94. The molecule has 0 unspecified atom stereocenters. The van der Waals surface area contributed by atoms with Crippen LogP contribution in [0.15, 0.2) is 24.3 Å². The third-order valence-corrected chi connectivity index (χ3v) is 2.69. The minimum absolute atomic E-state index is 0.301. The Morgan fingerprint density at radius 2 is 1.94 bits per heavy atom. The molecule has 0 saturated carbocycles. The molecule has 0 aliphatic heterocycles. The second-order valence-electron chi connectivity index (χ2n) is 4.22. The van der Waals surface area contributed by atoms with E-state index in [1.807, 2.05) is 18.2 Å². The van der Waals surface area contributed by atoms with Crippen LogP contribution in [-0.4, -0.2) is 30.2 Å². The van der Waals surface area contributed by atoms with Crippen molar-refractivity contribution in [3.05, 3.63) is 29.8 Å². The maximum atomic E-state index is 8.67. The van der Waals surface area contributed by atoms with Crippen molar-refractivity contribution in [2.45, 2.75) is 25.8 Å². The number of anilines is 1. The molecular formula is C13H22N2O. The third kappa shape index (κ3) is 4.64. The maximum absolute atomic E-state index is 8.67. The van der Waals surface area contributed by atoms with Gasteiger partial charge >= 0.3 is 0 Å². The fourth-order valence-corrected chi connectivity index (χ4v) is 1.72. The fraction of sp³-hybridized carbons (Fsp3) is 0.538. The van der Waals surface area contributed by atoms with Crippen molar-refractivity contribution in [3.8, 4) is 0 Å². The number of unbranched alkanes of at least 4 members (excludes halogenated alkanes) is 2. The van der Waals surface area contributed by atoms with Crippen LogP contribution in [0.1, 0.15) is 24.8 Å². The number of rotatable bonds is 7. The normalized spacial score (nSPS) is 10.9. The number of nitrogens with zero attached hydrogens (tertiary/aromatic N) is 1. The van der Waals surface area contributed by atoms with Gasteiger partial charge in [0.1, 0.15) is 0 Å². The summed E-state index contributed by atoms with van der Waals surface area (Å²) in [5, 5.41) is 8.67. The Hall–Kier alpha value is -1.06. The summed E-state index contributed by atoms with van der Waals surface area (Å²) in [6.45, 7) is 2.25. The summed E-state index contributed by atoms with van der Waals surface area (Å²) in [6.07, 6.45) is 3.12. The fourth-order valence-electron chi connectivity index (χ4n) is 1.72. The molecule has 0 amide bonds. The largest absolute Gasteiger partial charge is 0.398 e. The average Bonchev–Trinajstić information content (AvgIpc) is 2.28. The Kier molecular flexibility index (Phi) is 5.90. The van der Waals surface area contributed by atoms with Gasteiger partial charge < -0.3 is 15.7 Å². The SMILES string of the molecule is CN(CCCCCO)Cc1ccccc1N. The lowest BCUT2D eigenvalue weighted by Gasteiger charge is -2.17.